The van der Waals surface area contributed by atoms with Gasteiger partial charge in [0.05, 0.1) is 0 Å². The van der Waals surface area contributed by atoms with Crippen LogP contribution in [0.15, 0.2) is 28.7 Å². The molecule has 0 amide bonds. The van der Waals surface area contributed by atoms with E-state index in [2.05, 4.69) is 15.9 Å². The van der Waals surface area contributed by atoms with Gasteiger partial charge in [-0.05, 0) is 24.8 Å². The molecule has 0 saturated heterocycles. The van der Waals surface area contributed by atoms with E-state index in [4.69, 9.17) is 0 Å². The first kappa shape index (κ1) is 10.2. The summed E-state index contributed by atoms with van der Waals surface area (Å²) in [6.07, 6.45) is 3.68. The molecule has 1 aromatic rings. The Hall–Kier alpha value is -0.370. The van der Waals surface area contributed by atoms with E-state index >= 15 is 0 Å². The predicted octanol–water partition coefficient (Wildman–Crippen LogP) is 4.65. The number of benzene rings is 1. The molecule has 0 aromatic heterocycles. The monoisotopic (exact) mass is 256 g/mol. The van der Waals surface area contributed by atoms with Crippen molar-refractivity contribution in [2.75, 3.05) is 0 Å². The van der Waals surface area contributed by atoms with Gasteiger partial charge in [0.25, 0.3) is 0 Å². The van der Waals surface area contributed by atoms with Gasteiger partial charge in [0, 0.05) is 10.0 Å². The maximum Gasteiger partial charge on any atom is 0.129 e. The zero-order valence-corrected chi connectivity index (χ0v) is 9.63. The molecule has 0 aliphatic heterocycles. The Morgan fingerprint density at radius 2 is 1.86 bits per heavy atom. The lowest BCUT2D eigenvalue weighted by molar-refractivity contribution is 0.234. The number of hydrogen-bond acceptors (Lipinski definition) is 0. The van der Waals surface area contributed by atoms with Crippen LogP contribution < -0.4 is 0 Å². The molecule has 14 heavy (non-hydrogen) atoms. The predicted molar refractivity (Wildman–Crippen MR) is 59.9 cm³/mol. The van der Waals surface area contributed by atoms with E-state index in [1.54, 1.807) is 0 Å². The highest BCUT2D eigenvalue weighted by atomic mass is 79.9. The molecule has 0 bridgehead atoms. The summed E-state index contributed by atoms with van der Waals surface area (Å²) < 4.78 is 15.0. The highest BCUT2D eigenvalue weighted by Gasteiger charge is 2.26. The van der Waals surface area contributed by atoms with Crippen LogP contribution in [0.5, 0.6) is 0 Å². The molecular formula is C12H14BrF. The molecule has 1 aromatic carbocycles. The molecule has 0 nitrogen and oxygen atoms in total. The first-order valence-electron chi connectivity index (χ1n) is 5.17. The van der Waals surface area contributed by atoms with Crippen molar-refractivity contribution in [2.45, 2.75) is 31.9 Å². The van der Waals surface area contributed by atoms with Gasteiger partial charge in [-0.25, -0.2) is 4.39 Å². The van der Waals surface area contributed by atoms with Gasteiger partial charge >= 0.3 is 0 Å². The van der Waals surface area contributed by atoms with Crippen molar-refractivity contribution in [3.63, 3.8) is 0 Å². The average Bonchev–Trinajstić information content (AvgIpc) is 2.70. The summed E-state index contributed by atoms with van der Waals surface area (Å²) in [4.78, 5) is 0. The molecule has 1 fully saturated rings. The maximum absolute atomic E-state index is 14.1. The van der Waals surface area contributed by atoms with Gasteiger partial charge in [-0.2, -0.15) is 0 Å². The zero-order valence-electron chi connectivity index (χ0n) is 8.05. The zero-order chi connectivity index (χ0) is 9.97. The van der Waals surface area contributed by atoms with Crippen molar-refractivity contribution < 1.29 is 4.39 Å². The van der Waals surface area contributed by atoms with Crippen molar-refractivity contribution >= 4 is 15.9 Å². The van der Waals surface area contributed by atoms with Crippen LogP contribution in [-0.4, -0.2) is 0 Å². The van der Waals surface area contributed by atoms with Crippen molar-refractivity contribution in [3.05, 3.63) is 34.3 Å². The summed E-state index contributed by atoms with van der Waals surface area (Å²) in [5, 5.41) is 0. The van der Waals surface area contributed by atoms with E-state index in [-0.39, 0.29) is 5.92 Å². The second kappa shape index (κ2) is 4.43. The molecule has 2 heteroatoms. The lowest BCUT2D eigenvalue weighted by Crippen LogP contribution is -2.04. The van der Waals surface area contributed by atoms with Crippen molar-refractivity contribution in [3.8, 4) is 0 Å². The smallest absolute Gasteiger partial charge is 0.129 e. The fourth-order valence-electron chi connectivity index (χ4n) is 2.20. The Morgan fingerprint density at radius 1 is 1.21 bits per heavy atom. The fourth-order valence-corrected chi connectivity index (χ4v) is 2.71. The fraction of sp³-hybridized carbons (Fsp3) is 0.500. The average molecular weight is 257 g/mol. The van der Waals surface area contributed by atoms with Gasteiger partial charge < -0.3 is 0 Å². The number of rotatable bonds is 2. The van der Waals surface area contributed by atoms with Crippen molar-refractivity contribution in [2.24, 2.45) is 5.92 Å². The minimum absolute atomic E-state index is 0.244. The minimum atomic E-state index is -0.784. The molecule has 76 valence electrons. The van der Waals surface area contributed by atoms with Crippen LogP contribution in [0.1, 0.15) is 37.4 Å². The molecule has 1 saturated carbocycles. The maximum atomic E-state index is 14.1. The Kier molecular flexibility index (Phi) is 3.22. The molecule has 1 aliphatic carbocycles. The number of hydrogen-bond donors (Lipinski definition) is 0. The summed E-state index contributed by atoms with van der Waals surface area (Å²) in [5.41, 5.74) is 0.819. The van der Waals surface area contributed by atoms with E-state index in [9.17, 15) is 4.39 Å². The molecule has 1 unspecified atom stereocenters. The van der Waals surface area contributed by atoms with E-state index in [0.29, 0.717) is 0 Å². The van der Waals surface area contributed by atoms with E-state index in [1.165, 1.54) is 12.8 Å². The quantitative estimate of drug-likeness (QED) is 0.723. The van der Waals surface area contributed by atoms with Gasteiger partial charge in [0.15, 0.2) is 0 Å². The lowest BCUT2D eigenvalue weighted by Gasteiger charge is -2.16. The van der Waals surface area contributed by atoms with Crippen LogP contribution in [0.25, 0.3) is 0 Å². The van der Waals surface area contributed by atoms with Gasteiger partial charge in [-0.3, -0.25) is 0 Å². The number of alkyl halides is 1. The molecule has 0 heterocycles. The van der Waals surface area contributed by atoms with E-state index in [1.807, 2.05) is 24.3 Å². The van der Waals surface area contributed by atoms with Crippen molar-refractivity contribution in [1.82, 2.24) is 0 Å². The SMILES string of the molecule is FC(c1ccccc1Br)C1CCCC1. The number of halogens is 2. The van der Waals surface area contributed by atoms with Gasteiger partial charge in [-0.1, -0.05) is 47.0 Å². The molecular weight excluding hydrogens is 243 g/mol. The second-order valence-electron chi connectivity index (χ2n) is 3.97. The topological polar surface area (TPSA) is 0 Å². The summed E-state index contributed by atoms with van der Waals surface area (Å²) in [5.74, 6) is 0.244. The first-order valence-corrected chi connectivity index (χ1v) is 5.97. The highest BCUT2D eigenvalue weighted by Crippen LogP contribution is 2.40. The largest absolute Gasteiger partial charge is 0.242 e. The minimum Gasteiger partial charge on any atom is -0.242 e. The summed E-state index contributed by atoms with van der Waals surface area (Å²) in [7, 11) is 0. The Morgan fingerprint density at radius 3 is 2.50 bits per heavy atom. The molecule has 1 atom stereocenters. The van der Waals surface area contributed by atoms with Crippen LogP contribution in [0.3, 0.4) is 0 Å². The third-order valence-corrected chi connectivity index (χ3v) is 3.74. The molecule has 0 N–H and O–H groups in total. The van der Waals surface area contributed by atoms with Gasteiger partial charge in [-0.15, -0.1) is 0 Å². The van der Waals surface area contributed by atoms with Crippen LogP contribution in [0.4, 0.5) is 4.39 Å². The molecule has 2 rings (SSSR count). The molecule has 0 spiro atoms. The van der Waals surface area contributed by atoms with Gasteiger partial charge in [0.1, 0.15) is 6.17 Å². The van der Waals surface area contributed by atoms with Crippen molar-refractivity contribution in [1.29, 1.82) is 0 Å². The van der Waals surface area contributed by atoms with Crippen LogP contribution >= 0.6 is 15.9 Å². The lowest BCUT2D eigenvalue weighted by atomic mass is 9.96. The summed E-state index contributed by atoms with van der Waals surface area (Å²) in [6.45, 7) is 0. The van der Waals surface area contributed by atoms with Crippen LogP contribution in [0, 0.1) is 5.92 Å². The Labute approximate surface area is 92.6 Å². The molecule has 0 radical (unpaired) electrons. The van der Waals surface area contributed by atoms with E-state index in [0.717, 1.165) is 22.9 Å². The molecule has 1 aliphatic rings. The summed E-state index contributed by atoms with van der Waals surface area (Å²) >= 11 is 3.40. The first-order chi connectivity index (χ1) is 6.79. The normalized spacial score (nSPS) is 19.9. The van der Waals surface area contributed by atoms with Crippen LogP contribution in [0.2, 0.25) is 0 Å². The highest BCUT2D eigenvalue weighted by molar-refractivity contribution is 9.10. The van der Waals surface area contributed by atoms with Gasteiger partial charge in [0.2, 0.25) is 0 Å². The standard InChI is InChI=1S/C12H14BrF/c13-11-8-4-3-7-10(11)12(14)9-5-1-2-6-9/h3-4,7-9,12H,1-2,5-6H2. The van der Waals surface area contributed by atoms with Crippen LogP contribution in [-0.2, 0) is 0 Å². The third-order valence-electron chi connectivity index (χ3n) is 3.02. The summed E-state index contributed by atoms with van der Waals surface area (Å²) in [6, 6.07) is 7.63. The Balaban J connectivity index is 2.17. The third kappa shape index (κ3) is 2.00. The second-order valence-corrected chi connectivity index (χ2v) is 4.82. The van der Waals surface area contributed by atoms with E-state index < -0.39 is 6.17 Å². The Bertz CT molecular complexity index is 305.